The molecule has 0 N–H and O–H groups in total. The van der Waals surface area contributed by atoms with Crippen LogP contribution in [0.4, 0.5) is 0 Å². The van der Waals surface area contributed by atoms with Crippen molar-refractivity contribution in [3.63, 3.8) is 0 Å². The fourth-order valence-corrected chi connectivity index (χ4v) is 0. The van der Waals surface area contributed by atoms with Gasteiger partial charge in [-0.05, 0) is 0 Å². The predicted octanol–water partition coefficient (Wildman–Crippen LogP) is -8.87. The van der Waals surface area contributed by atoms with Gasteiger partial charge < -0.3 is 14.1 Å². The molecule has 0 aromatic heterocycles. The third-order valence-corrected chi connectivity index (χ3v) is 0. The van der Waals surface area contributed by atoms with Crippen LogP contribution in [0.3, 0.4) is 0 Å². The average Bonchev–Trinajstić information content (AvgIpc) is 0.811. The average molecular weight is 106 g/mol. The van der Waals surface area contributed by atoms with Crippen molar-refractivity contribution in [2.45, 2.75) is 0 Å². The smallest absolute Gasteiger partial charge is 0.672 e. The van der Waals surface area contributed by atoms with Gasteiger partial charge in [0, 0.05) is 9.17 Å². The van der Waals surface area contributed by atoms with Gasteiger partial charge in [0.1, 0.15) is 0 Å². The van der Waals surface area contributed by atoms with Crippen LogP contribution in [-0.4, -0.2) is 9.17 Å². The van der Waals surface area contributed by atoms with Gasteiger partial charge in [-0.1, -0.05) is 0 Å². The van der Waals surface area contributed by atoms with E-state index >= 15 is 0 Å². The third kappa shape index (κ3) is 62.8. The van der Waals surface area contributed by atoms with Gasteiger partial charge in [-0.2, -0.15) is 0 Å². The summed E-state index contributed by atoms with van der Waals surface area (Å²) < 4.78 is 8.52. The van der Waals surface area contributed by atoms with E-state index in [2.05, 4.69) is 0 Å². The van der Waals surface area contributed by atoms with Crippen LogP contribution in [0.15, 0.2) is 0 Å². The van der Waals surface area contributed by atoms with Crippen LogP contribution < -0.4 is 58.0 Å². The summed E-state index contributed by atoms with van der Waals surface area (Å²) in [4.78, 5) is 17.0. The zero-order valence-electron chi connectivity index (χ0n) is 3.72. The summed E-state index contributed by atoms with van der Waals surface area (Å²) in [5.74, 6) is 0. The molecule has 6 heteroatoms. The van der Waals surface area contributed by atoms with Crippen LogP contribution >= 0.6 is 0 Å². The van der Waals surface area contributed by atoms with Crippen molar-refractivity contribution >= 4 is 9.17 Å². The summed E-state index contributed by atoms with van der Waals surface area (Å²) in [6.07, 6.45) is 0. The Morgan fingerprint density at radius 3 is 1.33 bits per heavy atom. The van der Waals surface area contributed by atoms with Gasteiger partial charge in [0.2, 0.25) is 0 Å². The van der Waals surface area contributed by atoms with Gasteiger partial charge in [0.05, 0.1) is 0 Å². The fraction of sp³-hybridized carbons (Fsp3) is 0. The molecule has 0 fully saturated rings. The molecule has 0 atom stereocenters. The van der Waals surface area contributed by atoms with Crippen molar-refractivity contribution < 1.29 is 62.5 Å². The molecule has 0 rings (SSSR count). The Balaban J connectivity index is -0.0000000450. The second-order valence-electron chi connectivity index (χ2n) is 0.250. The molecular weight excluding hydrogens is 106 g/mol. The molecule has 0 spiro atoms. The Bertz CT molecular complexity index is 33.8. The van der Waals surface area contributed by atoms with E-state index in [1.54, 1.807) is 0 Å². The van der Waals surface area contributed by atoms with E-state index < -0.39 is 9.17 Å². The summed E-state index contributed by atoms with van der Waals surface area (Å²) in [7, 11) is -3.63. The maximum Gasteiger partial charge on any atom is 1.00 e. The SMILES string of the molecule is O=[Si]([O-])[O-].[Li+].[Na+]. The first-order valence-electron chi connectivity index (χ1n) is 0.612. The molecule has 0 aliphatic rings. The Hall–Kier alpha value is 1.21. The molecule has 3 nitrogen and oxygen atoms in total. The number of hydrogen-bond acceptors (Lipinski definition) is 3. The molecule has 0 aromatic rings. The molecule has 0 heterocycles. The Morgan fingerprint density at radius 2 is 1.33 bits per heavy atom. The molecule has 0 radical (unpaired) electrons. The molecule has 0 saturated heterocycles. The summed E-state index contributed by atoms with van der Waals surface area (Å²) in [6, 6.07) is 0. The molecule has 0 aromatic carbocycles. The van der Waals surface area contributed by atoms with E-state index in [4.69, 9.17) is 14.1 Å². The zero-order chi connectivity index (χ0) is 3.58. The standard InChI is InChI=1S/Li.Na.O3Si/c;;1-4(2)3/q2*+1;-2. The molecule has 0 aliphatic heterocycles. The van der Waals surface area contributed by atoms with Crippen LogP contribution in [0.2, 0.25) is 0 Å². The fourth-order valence-electron chi connectivity index (χ4n) is 0. The van der Waals surface area contributed by atoms with Gasteiger partial charge in [0.15, 0.2) is 0 Å². The van der Waals surface area contributed by atoms with E-state index in [1.165, 1.54) is 0 Å². The Labute approximate surface area is 71.1 Å². The number of hydrogen-bond donors (Lipinski definition) is 0. The zero-order valence-corrected chi connectivity index (χ0v) is 6.72. The van der Waals surface area contributed by atoms with E-state index in [0.29, 0.717) is 0 Å². The second kappa shape index (κ2) is 9.51. The Kier molecular flexibility index (Phi) is 24.9. The van der Waals surface area contributed by atoms with Crippen molar-refractivity contribution in [1.82, 2.24) is 0 Å². The predicted molar refractivity (Wildman–Crippen MR) is 6.44 cm³/mol. The summed E-state index contributed by atoms with van der Waals surface area (Å²) in [5, 5.41) is 0. The molecule has 24 valence electrons. The minimum Gasteiger partial charge on any atom is -0.672 e. The third-order valence-electron chi connectivity index (χ3n) is 0. The topological polar surface area (TPSA) is 63.2 Å². The Morgan fingerprint density at radius 1 is 1.33 bits per heavy atom. The van der Waals surface area contributed by atoms with Gasteiger partial charge in [-0.15, -0.1) is 0 Å². The minimum atomic E-state index is -3.63. The molecule has 0 amide bonds. The summed E-state index contributed by atoms with van der Waals surface area (Å²) >= 11 is 0. The van der Waals surface area contributed by atoms with Crippen molar-refractivity contribution in [2.24, 2.45) is 0 Å². The first-order chi connectivity index (χ1) is 1.73. The van der Waals surface area contributed by atoms with E-state index in [-0.39, 0.29) is 48.4 Å². The molecule has 0 unspecified atom stereocenters. The van der Waals surface area contributed by atoms with E-state index in [1.807, 2.05) is 0 Å². The van der Waals surface area contributed by atoms with Crippen molar-refractivity contribution in [3.05, 3.63) is 0 Å². The first-order valence-corrected chi connectivity index (χ1v) is 1.84. The molecule has 6 heavy (non-hydrogen) atoms. The monoisotopic (exact) mass is 106 g/mol. The molecule has 0 bridgehead atoms. The van der Waals surface area contributed by atoms with Crippen LogP contribution in [0, 0.1) is 0 Å². The van der Waals surface area contributed by atoms with Crippen molar-refractivity contribution in [1.29, 1.82) is 0 Å². The van der Waals surface area contributed by atoms with Crippen molar-refractivity contribution in [2.75, 3.05) is 0 Å². The number of rotatable bonds is 0. The van der Waals surface area contributed by atoms with Gasteiger partial charge in [-0.25, -0.2) is 0 Å². The van der Waals surface area contributed by atoms with Gasteiger partial charge in [-0.3, -0.25) is 0 Å². The molecular formula is LiNaO3Si. The summed E-state index contributed by atoms with van der Waals surface area (Å²) in [5.41, 5.74) is 0. The maximum absolute atomic E-state index is 8.52. The normalized spacial score (nSPS) is 4.00. The molecule has 0 aliphatic carbocycles. The van der Waals surface area contributed by atoms with Crippen LogP contribution in [0.1, 0.15) is 0 Å². The minimum absolute atomic E-state index is 0. The maximum atomic E-state index is 8.52. The molecule has 0 saturated carbocycles. The van der Waals surface area contributed by atoms with E-state index in [9.17, 15) is 0 Å². The van der Waals surface area contributed by atoms with Gasteiger partial charge in [0.25, 0.3) is 0 Å². The quantitative estimate of drug-likeness (QED) is 0.288. The van der Waals surface area contributed by atoms with E-state index in [0.717, 1.165) is 0 Å². The van der Waals surface area contributed by atoms with Crippen LogP contribution in [0.25, 0.3) is 0 Å². The van der Waals surface area contributed by atoms with Crippen LogP contribution in [-0.2, 0) is 4.46 Å². The first kappa shape index (κ1) is 15.7. The van der Waals surface area contributed by atoms with Crippen molar-refractivity contribution in [3.8, 4) is 0 Å². The largest absolute Gasteiger partial charge is 1.00 e. The second-order valence-corrected chi connectivity index (χ2v) is 0.750. The summed E-state index contributed by atoms with van der Waals surface area (Å²) in [6.45, 7) is 0. The van der Waals surface area contributed by atoms with Gasteiger partial charge >= 0.3 is 48.4 Å². The van der Waals surface area contributed by atoms with Crippen LogP contribution in [0.5, 0.6) is 0 Å².